The summed E-state index contributed by atoms with van der Waals surface area (Å²) in [5, 5.41) is 16.3. The van der Waals surface area contributed by atoms with Crippen LogP contribution in [0.1, 0.15) is 287 Å². The average molecular weight is 1000 g/mol. The molecular weight excluding hydrogens is 889 g/mol. The Balaban J connectivity index is -0.00000107. The fraction of sp³-hybridized carbons (Fsp3) is 0.897. The second kappa shape index (κ2) is 55.1. The SMILES string of the molecule is CC(C)CCCCCCCOC(=O)CCCCC(=O)OCCCCCCCC(C)C.CC(C)CCCCCCCOC(=O)CCCCC(=O)OCCCCCCCC(C)C.O=C(O)CCCCC(=O)O. The van der Waals surface area contributed by atoms with Crippen LogP contribution in [0.4, 0.5) is 0 Å². The number of aliphatic carboxylic acids is 2. The van der Waals surface area contributed by atoms with E-state index in [1.807, 2.05) is 0 Å². The van der Waals surface area contributed by atoms with Gasteiger partial charge >= 0.3 is 35.8 Å². The normalized spacial score (nSPS) is 11.0. The van der Waals surface area contributed by atoms with E-state index in [1.165, 1.54) is 103 Å². The van der Waals surface area contributed by atoms with Crippen LogP contribution in [0.5, 0.6) is 0 Å². The van der Waals surface area contributed by atoms with Crippen LogP contribution >= 0.6 is 0 Å². The van der Waals surface area contributed by atoms with Gasteiger partial charge in [0.25, 0.3) is 0 Å². The van der Waals surface area contributed by atoms with Gasteiger partial charge in [-0.3, -0.25) is 28.8 Å². The Bertz CT molecular complexity index is 1050. The Hall–Kier alpha value is -3.18. The fourth-order valence-corrected chi connectivity index (χ4v) is 7.40. The molecule has 0 rings (SSSR count). The number of carbonyl (C=O) groups is 6. The maximum absolute atomic E-state index is 11.7. The molecule has 0 aromatic rings. The highest BCUT2D eigenvalue weighted by Crippen LogP contribution is 2.15. The zero-order valence-electron chi connectivity index (χ0n) is 46.6. The molecule has 0 aromatic heterocycles. The van der Waals surface area contributed by atoms with Gasteiger partial charge in [-0.25, -0.2) is 0 Å². The number of rotatable bonds is 47. The lowest BCUT2D eigenvalue weighted by molar-refractivity contribution is -0.146. The fourth-order valence-electron chi connectivity index (χ4n) is 7.40. The van der Waals surface area contributed by atoms with Gasteiger partial charge in [0.1, 0.15) is 0 Å². The molecule has 0 aliphatic heterocycles. The largest absolute Gasteiger partial charge is 0.481 e. The number of carbonyl (C=O) groups excluding carboxylic acids is 4. The Morgan fingerprint density at radius 2 is 0.429 bits per heavy atom. The zero-order valence-corrected chi connectivity index (χ0v) is 46.6. The Kier molecular flexibility index (Phi) is 56.0. The van der Waals surface area contributed by atoms with Crippen molar-refractivity contribution in [2.24, 2.45) is 23.7 Å². The standard InChI is InChI=1S/2C26H50O4.C6H10O4/c2*1-23(2)17-11-7-5-9-15-21-29-25(27)19-13-14-20-26(28)30-22-16-10-6-8-12-18-24(3)4;7-5(8)3-1-2-4-6(9)10/h2*23-24H,5-22H2,1-4H3;1-4H2,(H,7,8)(H,9,10). The van der Waals surface area contributed by atoms with Gasteiger partial charge in [0.15, 0.2) is 0 Å². The van der Waals surface area contributed by atoms with E-state index in [9.17, 15) is 28.8 Å². The molecule has 0 fully saturated rings. The summed E-state index contributed by atoms with van der Waals surface area (Å²) in [6.07, 6.45) is 34.2. The van der Waals surface area contributed by atoms with E-state index in [-0.39, 0.29) is 36.7 Å². The predicted octanol–water partition coefficient (Wildman–Crippen LogP) is 16.0. The van der Waals surface area contributed by atoms with Crippen LogP contribution < -0.4 is 0 Å². The third kappa shape index (κ3) is 69.1. The lowest BCUT2D eigenvalue weighted by Gasteiger charge is -2.07. The van der Waals surface area contributed by atoms with Crippen molar-refractivity contribution in [3.05, 3.63) is 0 Å². The highest BCUT2D eigenvalue weighted by Gasteiger charge is 2.09. The van der Waals surface area contributed by atoms with Crippen molar-refractivity contribution in [2.45, 2.75) is 287 Å². The van der Waals surface area contributed by atoms with Crippen molar-refractivity contribution >= 4 is 35.8 Å². The topological polar surface area (TPSA) is 180 Å². The molecule has 0 saturated carbocycles. The molecule has 0 aromatic carbocycles. The molecule has 414 valence electrons. The summed E-state index contributed by atoms with van der Waals surface area (Å²) in [7, 11) is 0. The number of hydrogen-bond acceptors (Lipinski definition) is 10. The van der Waals surface area contributed by atoms with Gasteiger partial charge < -0.3 is 29.2 Å². The Morgan fingerprint density at radius 1 is 0.257 bits per heavy atom. The summed E-state index contributed by atoms with van der Waals surface area (Å²) in [6, 6.07) is 0. The van der Waals surface area contributed by atoms with Crippen LogP contribution in [-0.2, 0) is 47.7 Å². The van der Waals surface area contributed by atoms with Crippen molar-refractivity contribution in [3.63, 3.8) is 0 Å². The van der Waals surface area contributed by atoms with E-state index in [1.54, 1.807) is 0 Å². The summed E-state index contributed by atoms with van der Waals surface area (Å²) in [5.41, 5.74) is 0. The summed E-state index contributed by atoms with van der Waals surface area (Å²) in [5.74, 6) is 0.881. The van der Waals surface area contributed by atoms with Crippen LogP contribution in [0.25, 0.3) is 0 Å². The third-order valence-electron chi connectivity index (χ3n) is 11.8. The average Bonchev–Trinajstić information content (AvgIpc) is 3.29. The first-order valence-electron chi connectivity index (χ1n) is 28.5. The monoisotopic (exact) mass is 999 g/mol. The summed E-state index contributed by atoms with van der Waals surface area (Å²) >= 11 is 0. The molecule has 70 heavy (non-hydrogen) atoms. The molecule has 2 N–H and O–H groups in total. The quantitative estimate of drug-likeness (QED) is 0.0335. The predicted molar refractivity (Wildman–Crippen MR) is 285 cm³/mol. The second-order valence-corrected chi connectivity index (χ2v) is 21.1. The third-order valence-corrected chi connectivity index (χ3v) is 11.8. The minimum Gasteiger partial charge on any atom is -0.481 e. The number of carboxylic acid groups (broad SMARTS) is 2. The van der Waals surface area contributed by atoms with Crippen LogP contribution in [0.3, 0.4) is 0 Å². The minimum absolute atomic E-state index is 0.0628. The summed E-state index contributed by atoms with van der Waals surface area (Å²) < 4.78 is 21.1. The maximum Gasteiger partial charge on any atom is 0.305 e. The molecule has 0 aliphatic carbocycles. The molecule has 0 bridgehead atoms. The molecule has 12 nitrogen and oxygen atoms in total. The van der Waals surface area contributed by atoms with E-state index >= 15 is 0 Å². The van der Waals surface area contributed by atoms with Crippen LogP contribution in [0.2, 0.25) is 0 Å². The molecule has 12 heteroatoms. The smallest absolute Gasteiger partial charge is 0.305 e. The Morgan fingerprint density at radius 3 is 0.614 bits per heavy atom. The first kappa shape index (κ1) is 71.1. The summed E-state index contributed by atoms with van der Waals surface area (Å²) in [4.78, 5) is 66.7. The maximum atomic E-state index is 11.7. The van der Waals surface area contributed by atoms with Crippen LogP contribution in [0, 0.1) is 23.7 Å². The molecular formula is C58H110O12. The van der Waals surface area contributed by atoms with Gasteiger partial charge in [-0.15, -0.1) is 0 Å². The number of unbranched alkanes of at least 4 members (excludes halogenated alkanes) is 19. The first-order valence-corrected chi connectivity index (χ1v) is 28.5. The molecule has 0 heterocycles. The van der Waals surface area contributed by atoms with Gasteiger partial charge in [0.05, 0.1) is 26.4 Å². The molecule has 0 atom stereocenters. The van der Waals surface area contributed by atoms with Crippen molar-refractivity contribution in [3.8, 4) is 0 Å². The number of ether oxygens (including phenoxy) is 4. The molecule has 0 unspecified atom stereocenters. The summed E-state index contributed by atoms with van der Waals surface area (Å²) in [6.45, 7) is 20.2. The highest BCUT2D eigenvalue weighted by molar-refractivity contribution is 5.71. The molecule has 0 aliphatic rings. The van der Waals surface area contributed by atoms with Gasteiger partial charge in [-0.05, 0) is 87.9 Å². The van der Waals surface area contributed by atoms with E-state index in [0.717, 1.165) is 75.0 Å². The second-order valence-electron chi connectivity index (χ2n) is 21.1. The van der Waals surface area contributed by atoms with Crippen LogP contribution in [0.15, 0.2) is 0 Å². The number of carboxylic acids is 2. The highest BCUT2D eigenvalue weighted by atomic mass is 16.5. The Labute approximate surface area is 429 Å². The van der Waals surface area contributed by atoms with Gasteiger partial charge in [-0.1, -0.05) is 184 Å². The van der Waals surface area contributed by atoms with E-state index in [2.05, 4.69) is 55.4 Å². The van der Waals surface area contributed by atoms with Crippen molar-refractivity contribution < 1.29 is 57.9 Å². The van der Waals surface area contributed by atoms with Gasteiger partial charge in [-0.2, -0.15) is 0 Å². The molecule has 0 saturated heterocycles. The molecule has 0 amide bonds. The van der Waals surface area contributed by atoms with E-state index in [0.29, 0.717) is 90.6 Å². The number of esters is 4. The van der Waals surface area contributed by atoms with E-state index < -0.39 is 11.9 Å². The lowest BCUT2D eigenvalue weighted by atomic mass is 10.0. The zero-order chi connectivity index (χ0) is 52.9. The molecule has 0 spiro atoms. The lowest BCUT2D eigenvalue weighted by Crippen LogP contribution is -2.08. The number of hydrogen-bond donors (Lipinski definition) is 2. The van der Waals surface area contributed by atoms with Crippen molar-refractivity contribution in [1.82, 2.24) is 0 Å². The first-order chi connectivity index (χ1) is 33.5. The van der Waals surface area contributed by atoms with Gasteiger partial charge in [0.2, 0.25) is 0 Å². The van der Waals surface area contributed by atoms with Crippen molar-refractivity contribution in [2.75, 3.05) is 26.4 Å². The van der Waals surface area contributed by atoms with E-state index in [4.69, 9.17) is 29.2 Å². The van der Waals surface area contributed by atoms with Gasteiger partial charge in [0, 0.05) is 38.5 Å². The van der Waals surface area contributed by atoms with Crippen molar-refractivity contribution in [1.29, 1.82) is 0 Å². The molecule has 0 radical (unpaired) electrons. The minimum atomic E-state index is -0.870. The van der Waals surface area contributed by atoms with Crippen LogP contribution in [-0.4, -0.2) is 72.5 Å².